The first-order valence-corrected chi connectivity index (χ1v) is 8.76. The first-order valence-electron chi connectivity index (χ1n) is 8.76. The van der Waals surface area contributed by atoms with E-state index in [-0.39, 0.29) is 11.8 Å². The Balaban J connectivity index is 1.75. The first-order chi connectivity index (χ1) is 9.68. The minimum Gasteiger partial charge on any atom is -0.244 e. The van der Waals surface area contributed by atoms with Crippen molar-refractivity contribution >= 4 is 0 Å². The van der Waals surface area contributed by atoms with Gasteiger partial charge in [-0.1, -0.05) is 32.6 Å². The van der Waals surface area contributed by atoms with E-state index in [0.717, 1.165) is 57.3 Å². The summed E-state index contributed by atoms with van der Waals surface area (Å²) in [6.45, 7) is 2.24. The fourth-order valence-electron chi connectivity index (χ4n) is 4.28. The maximum Gasteiger partial charge on any atom is 0.113 e. The summed E-state index contributed by atoms with van der Waals surface area (Å²) < 4.78 is 15.2. The lowest BCUT2D eigenvalue weighted by atomic mass is 9.67. The third-order valence-electron chi connectivity index (χ3n) is 5.79. The van der Waals surface area contributed by atoms with Crippen molar-refractivity contribution in [2.75, 3.05) is 0 Å². The van der Waals surface area contributed by atoms with E-state index < -0.39 is 5.67 Å². The van der Waals surface area contributed by atoms with Crippen LogP contribution >= 0.6 is 0 Å². The maximum atomic E-state index is 15.2. The van der Waals surface area contributed by atoms with E-state index >= 15 is 4.39 Å². The molecule has 2 fully saturated rings. The van der Waals surface area contributed by atoms with E-state index in [4.69, 9.17) is 5.26 Å². The van der Waals surface area contributed by atoms with Gasteiger partial charge < -0.3 is 0 Å². The van der Waals surface area contributed by atoms with E-state index in [2.05, 4.69) is 13.0 Å². The zero-order valence-corrected chi connectivity index (χ0v) is 13.0. The molecule has 1 nitrogen and oxygen atoms in total. The predicted molar refractivity (Wildman–Crippen MR) is 81.0 cm³/mol. The van der Waals surface area contributed by atoms with Crippen LogP contribution in [-0.2, 0) is 0 Å². The normalized spacial score (nSPS) is 38.4. The molecule has 20 heavy (non-hydrogen) atoms. The molecule has 2 saturated carbocycles. The second-order valence-electron chi connectivity index (χ2n) is 7.15. The molecule has 0 saturated heterocycles. The molecule has 0 heterocycles. The van der Waals surface area contributed by atoms with Crippen molar-refractivity contribution in [2.45, 2.75) is 89.6 Å². The quantitative estimate of drug-likeness (QED) is 0.584. The Kier molecular flexibility index (Phi) is 5.87. The highest BCUT2D eigenvalue weighted by Gasteiger charge is 2.43. The van der Waals surface area contributed by atoms with Crippen LogP contribution in [0.1, 0.15) is 84.0 Å². The highest BCUT2D eigenvalue weighted by molar-refractivity contribution is 4.96. The van der Waals surface area contributed by atoms with Crippen LogP contribution in [0.5, 0.6) is 0 Å². The lowest BCUT2D eigenvalue weighted by molar-refractivity contribution is 0.000728. The van der Waals surface area contributed by atoms with Gasteiger partial charge in [0, 0.05) is 5.92 Å². The smallest absolute Gasteiger partial charge is 0.113 e. The average molecular weight is 279 g/mol. The van der Waals surface area contributed by atoms with Crippen LogP contribution < -0.4 is 0 Å². The summed E-state index contributed by atoms with van der Waals surface area (Å²) in [6.07, 6.45) is 12.7. The van der Waals surface area contributed by atoms with E-state index in [1.807, 2.05) is 0 Å². The molecule has 0 aliphatic heterocycles. The second-order valence-corrected chi connectivity index (χ2v) is 7.15. The molecule has 0 aromatic heterocycles. The summed E-state index contributed by atoms with van der Waals surface area (Å²) in [5.74, 6) is 1.21. The highest BCUT2D eigenvalue weighted by atomic mass is 19.1. The Labute approximate surface area is 123 Å². The number of nitrogens with zero attached hydrogens (tertiary/aromatic N) is 1. The van der Waals surface area contributed by atoms with Crippen molar-refractivity contribution in [3.05, 3.63) is 0 Å². The molecule has 2 aliphatic rings. The number of hydrogen-bond donors (Lipinski definition) is 0. The van der Waals surface area contributed by atoms with Crippen LogP contribution in [0, 0.1) is 29.1 Å². The largest absolute Gasteiger partial charge is 0.244 e. The zero-order chi connectivity index (χ0) is 14.4. The van der Waals surface area contributed by atoms with Crippen molar-refractivity contribution in [1.82, 2.24) is 0 Å². The molecule has 2 heteroatoms. The van der Waals surface area contributed by atoms with Crippen LogP contribution in [0.3, 0.4) is 0 Å². The first kappa shape index (κ1) is 15.8. The molecule has 0 radical (unpaired) electrons. The van der Waals surface area contributed by atoms with Gasteiger partial charge in [0.2, 0.25) is 0 Å². The minimum atomic E-state index is -0.901. The summed E-state index contributed by atoms with van der Waals surface area (Å²) in [5, 5.41) is 8.95. The summed E-state index contributed by atoms with van der Waals surface area (Å²) in [7, 11) is 0. The van der Waals surface area contributed by atoms with E-state index in [0.29, 0.717) is 0 Å². The third kappa shape index (κ3) is 3.96. The van der Waals surface area contributed by atoms with Gasteiger partial charge in [-0.2, -0.15) is 5.26 Å². The number of unbranched alkanes of at least 4 members (excludes halogenated alkanes) is 2. The number of nitriles is 1. The van der Waals surface area contributed by atoms with Crippen molar-refractivity contribution in [1.29, 1.82) is 5.26 Å². The van der Waals surface area contributed by atoms with E-state index in [1.54, 1.807) is 0 Å². The Morgan fingerprint density at radius 1 is 1.05 bits per heavy atom. The SMILES string of the molecule is CCCCC[C@H]1CC[C@](F)(C2CCC(C#N)CC2)CC1. The van der Waals surface area contributed by atoms with Crippen molar-refractivity contribution in [2.24, 2.45) is 17.8 Å². The number of hydrogen-bond acceptors (Lipinski definition) is 1. The fourth-order valence-corrected chi connectivity index (χ4v) is 4.28. The van der Waals surface area contributed by atoms with Crippen LogP contribution in [0.4, 0.5) is 4.39 Å². The lowest BCUT2D eigenvalue weighted by Crippen LogP contribution is -2.39. The summed E-state index contributed by atoms with van der Waals surface area (Å²) in [6, 6.07) is 2.35. The Morgan fingerprint density at radius 2 is 1.70 bits per heavy atom. The van der Waals surface area contributed by atoms with Crippen LogP contribution in [0.2, 0.25) is 0 Å². The van der Waals surface area contributed by atoms with Gasteiger partial charge in [0.25, 0.3) is 0 Å². The molecule has 114 valence electrons. The maximum absolute atomic E-state index is 15.2. The number of alkyl halides is 1. The minimum absolute atomic E-state index is 0.195. The fraction of sp³-hybridized carbons (Fsp3) is 0.944. The Morgan fingerprint density at radius 3 is 2.25 bits per heavy atom. The van der Waals surface area contributed by atoms with Gasteiger partial charge in [-0.25, -0.2) is 4.39 Å². The molecule has 0 spiro atoms. The van der Waals surface area contributed by atoms with Gasteiger partial charge in [0.1, 0.15) is 5.67 Å². The Bertz CT molecular complexity index is 317. The molecule has 0 bridgehead atoms. The summed E-state index contributed by atoms with van der Waals surface area (Å²) >= 11 is 0. The van der Waals surface area contributed by atoms with Gasteiger partial charge in [0.05, 0.1) is 6.07 Å². The second kappa shape index (κ2) is 7.43. The standard InChI is InChI=1S/C18H30FN/c1-2-3-4-5-15-10-12-18(19,13-11-15)17-8-6-16(14-20)7-9-17/h15-17H,2-13H2,1H3/t15-,16?,17?,18+. The van der Waals surface area contributed by atoms with Crippen molar-refractivity contribution < 1.29 is 4.39 Å². The van der Waals surface area contributed by atoms with E-state index in [1.165, 1.54) is 25.7 Å². The average Bonchev–Trinajstić information content (AvgIpc) is 2.50. The number of halogens is 1. The monoisotopic (exact) mass is 279 g/mol. The van der Waals surface area contributed by atoms with Gasteiger partial charge >= 0.3 is 0 Å². The molecule has 2 rings (SSSR count). The van der Waals surface area contributed by atoms with Crippen LogP contribution in [0.15, 0.2) is 0 Å². The highest BCUT2D eigenvalue weighted by Crippen LogP contribution is 2.47. The van der Waals surface area contributed by atoms with Crippen molar-refractivity contribution in [3.63, 3.8) is 0 Å². The molecule has 2 aliphatic carbocycles. The van der Waals surface area contributed by atoms with Crippen LogP contribution in [-0.4, -0.2) is 5.67 Å². The number of rotatable bonds is 5. The predicted octanol–water partition coefficient (Wildman–Crippen LogP) is 5.80. The summed E-state index contributed by atoms with van der Waals surface area (Å²) in [5.41, 5.74) is -0.901. The molecule has 0 aromatic carbocycles. The molecule has 0 amide bonds. The molecular formula is C18H30FN. The van der Waals surface area contributed by atoms with Crippen LogP contribution in [0.25, 0.3) is 0 Å². The van der Waals surface area contributed by atoms with Gasteiger partial charge in [-0.3, -0.25) is 0 Å². The van der Waals surface area contributed by atoms with Gasteiger partial charge in [-0.05, 0) is 63.2 Å². The molecule has 0 atom stereocenters. The molecule has 0 aromatic rings. The Hall–Kier alpha value is -0.580. The summed E-state index contributed by atoms with van der Waals surface area (Å²) in [4.78, 5) is 0. The molecular weight excluding hydrogens is 249 g/mol. The van der Waals surface area contributed by atoms with E-state index in [9.17, 15) is 0 Å². The third-order valence-corrected chi connectivity index (χ3v) is 5.79. The topological polar surface area (TPSA) is 23.8 Å². The lowest BCUT2D eigenvalue weighted by Gasteiger charge is -2.42. The van der Waals surface area contributed by atoms with Crippen molar-refractivity contribution in [3.8, 4) is 6.07 Å². The van der Waals surface area contributed by atoms with Gasteiger partial charge in [0.15, 0.2) is 0 Å². The molecule has 0 N–H and O–H groups in total. The molecule has 0 unspecified atom stereocenters. The zero-order valence-electron chi connectivity index (χ0n) is 13.0. The van der Waals surface area contributed by atoms with Gasteiger partial charge in [-0.15, -0.1) is 0 Å².